The van der Waals surface area contributed by atoms with Crippen LogP contribution in [0.5, 0.6) is 0 Å². The van der Waals surface area contributed by atoms with Gasteiger partial charge in [0, 0.05) is 6.54 Å². The van der Waals surface area contributed by atoms with Crippen LogP contribution in [0.25, 0.3) is 0 Å². The van der Waals surface area contributed by atoms with Crippen LogP contribution in [0, 0.1) is 5.82 Å². The van der Waals surface area contributed by atoms with Gasteiger partial charge < -0.3 is 5.32 Å². The van der Waals surface area contributed by atoms with Gasteiger partial charge in [-0.05, 0) is 40.9 Å². The standard InChI is InChI=1S/C12H13BrFNO3S/c13-11-9(4-1-5-10(11)14)12(16)15-7-8-3-2-6-19(8,17)18/h1,4-5,8H,2-3,6-7H2,(H,15,16). The van der Waals surface area contributed by atoms with Gasteiger partial charge in [0.25, 0.3) is 5.91 Å². The van der Waals surface area contributed by atoms with E-state index in [1.54, 1.807) is 0 Å². The average molecular weight is 350 g/mol. The van der Waals surface area contributed by atoms with Crippen LogP contribution < -0.4 is 5.32 Å². The topological polar surface area (TPSA) is 63.2 Å². The highest BCUT2D eigenvalue weighted by molar-refractivity contribution is 9.10. The van der Waals surface area contributed by atoms with Gasteiger partial charge in [0.1, 0.15) is 5.82 Å². The van der Waals surface area contributed by atoms with E-state index < -0.39 is 26.8 Å². The van der Waals surface area contributed by atoms with Crippen LogP contribution >= 0.6 is 15.9 Å². The van der Waals surface area contributed by atoms with Crippen LogP contribution in [0.4, 0.5) is 4.39 Å². The Hall–Kier alpha value is -0.950. The van der Waals surface area contributed by atoms with E-state index in [-0.39, 0.29) is 22.3 Å². The Bertz CT molecular complexity index is 603. The Morgan fingerprint density at radius 2 is 2.21 bits per heavy atom. The van der Waals surface area contributed by atoms with E-state index in [9.17, 15) is 17.6 Å². The fourth-order valence-electron chi connectivity index (χ4n) is 2.07. The van der Waals surface area contributed by atoms with Gasteiger partial charge in [0.05, 0.1) is 21.0 Å². The second-order valence-electron chi connectivity index (χ2n) is 4.44. The van der Waals surface area contributed by atoms with Crippen molar-refractivity contribution in [3.63, 3.8) is 0 Å². The molecule has 2 rings (SSSR count). The van der Waals surface area contributed by atoms with Crippen molar-refractivity contribution in [1.82, 2.24) is 5.32 Å². The van der Waals surface area contributed by atoms with E-state index in [2.05, 4.69) is 21.2 Å². The Balaban J connectivity index is 2.04. The highest BCUT2D eigenvalue weighted by Crippen LogP contribution is 2.21. The number of rotatable bonds is 3. The molecule has 1 N–H and O–H groups in total. The third-order valence-electron chi connectivity index (χ3n) is 3.15. The summed E-state index contributed by atoms with van der Waals surface area (Å²) in [5, 5.41) is 2.03. The van der Waals surface area contributed by atoms with Crippen LogP contribution in [0.3, 0.4) is 0 Å². The lowest BCUT2D eigenvalue weighted by molar-refractivity contribution is 0.0952. The Kier molecular flexibility index (Phi) is 4.25. The fraction of sp³-hybridized carbons (Fsp3) is 0.417. The number of carbonyl (C=O) groups is 1. The minimum Gasteiger partial charge on any atom is -0.351 e. The highest BCUT2D eigenvalue weighted by Gasteiger charge is 2.31. The molecule has 0 saturated carbocycles. The van der Waals surface area contributed by atoms with Crippen LogP contribution in [-0.4, -0.2) is 31.9 Å². The van der Waals surface area contributed by atoms with E-state index in [4.69, 9.17) is 0 Å². The normalized spacial score (nSPS) is 21.3. The molecule has 0 bridgehead atoms. The summed E-state index contributed by atoms with van der Waals surface area (Å²) in [4.78, 5) is 11.9. The van der Waals surface area contributed by atoms with Gasteiger partial charge in [-0.1, -0.05) is 6.07 Å². The number of halogens is 2. The average Bonchev–Trinajstić information content (AvgIpc) is 2.69. The van der Waals surface area contributed by atoms with Gasteiger partial charge in [0.2, 0.25) is 0 Å². The summed E-state index contributed by atoms with van der Waals surface area (Å²) in [7, 11) is -3.08. The molecular formula is C12H13BrFNO3S. The van der Waals surface area contributed by atoms with Gasteiger partial charge in [0.15, 0.2) is 9.84 Å². The largest absolute Gasteiger partial charge is 0.351 e. The lowest BCUT2D eigenvalue weighted by atomic mass is 10.2. The van der Waals surface area contributed by atoms with Crippen LogP contribution in [0.2, 0.25) is 0 Å². The number of benzene rings is 1. The summed E-state index contributed by atoms with van der Waals surface area (Å²) >= 11 is 3.00. The number of carbonyl (C=O) groups excluding carboxylic acids is 1. The molecule has 4 nitrogen and oxygen atoms in total. The predicted molar refractivity (Wildman–Crippen MR) is 73.2 cm³/mol. The minimum absolute atomic E-state index is 0.0735. The lowest BCUT2D eigenvalue weighted by Gasteiger charge is -2.11. The molecule has 0 radical (unpaired) electrons. The Labute approximate surface area is 119 Å². The zero-order valence-corrected chi connectivity index (χ0v) is 12.4. The van der Waals surface area contributed by atoms with Crippen molar-refractivity contribution in [2.45, 2.75) is 18.1 Å². The van der Waals surface area contributed by atoms with Crippen molar-refractivity contribution in [2.24, 2.45) is 0 Å². The minimum atomic E-state index is -3.08. The van der Waals surface area contributed by atoms with Crippen LogP contribution in [0.15, 0.2) is 22.7 Å². The summed E-state index contributed by atoms with van der Waals surface area (Å²) < 4.78 is 36.6. The molecule has 1 unspecified atom stereocenters. The molecule has 0 aromatic heterocycles. The highest BCUT2D eigenvalue weighted by atomic mass is 79.9. The molecule has 1 fully saturated rings. The molecule has 7 heteroatoms. The summed E-state index contributed by atoms with van der Waals surface area (Å²) in [5.74, 6) is -0.827. The summed E-state index contributed by atoms with van der Waals surface area (Å²) in [6, 6.07) is 4.15. The molecular weight excluding hydrogens is 337 g/mol. The van der Waals surface area contributed by atoms with Crippen molar-refractivity contribution in [2.75, 3.05) is 12.3 Å². The van der Waals surface area contributed by atoms with Crippen molar-refractivity contribution < 1.29 is 17.6 Å². The van der Waals surface area contributed by atoms with Crippen molar-refractivity contribution >= 4 is 31.7 Å². The Morgan fingerprint density at radius 3 is 2.84 bits per heavy atom. The predicted octanol–water partition coefficient (Wildman–Crippen LogP) is 1.90. The maximum absolute atomic E-state index is 13.3. The molecule has 19 heavy (non-hydrogen) atoms. The molecule has 1 heterocycles. The van der Waals surface area contributed by atoms with Gasteiger partial charge >= 0.3 is 0 Å². The molecule has 1 amide bonds. The lowest BCUT2D eigenvalue weighted by Crippen LogP contribution is -2.34. The third kappa shape index (κ3) is 3.14. The van der Waals surface area contributed by atoms with E-state index in [1.807, 2.05) is 0 Å². The first-order chi connectivity index (χ1) is 8.92. The van der Waals surface area contributed by atoms with Crippen molar-refractivity contribution in [3.05, 3.63) is 34.1 Å². The maximum Gasteiger partial charge on any atom is 0.252 e. The second-order valence-corrected chi connectivity index (χ2v) is 7.64. The molecule has 1 aliphatic rings. The smallest absolute Gasteiger partial charge is 0.252 e. The Morgan fingerprint density at radius 1 is 1.47 bits per heavy atom. The first-order valence-corrected chi connectivity index (χ1v) is 8.36. The third-order valence-corrected chi connectivity index (χ3v) is 6.23. The molecule has 1 aliphatic heterocycles. The van der Waals surface area contributed by atoms with Gasteiger partial charge in [-0.3, -0.25) is 4.79 Å². The van der Waals surface area contributed by atoms with E-state index in [0.29, 0.717) is 12.8 Å². The fourth-order valence-corrected chi connectivity index (χ4v) is 4.28. The summed E-state index contributed by atoms with van der Waals surface area (Å²) in [6.07, 6.45) is 1.19. The number of nitrogens with one attached hydrogen (secondary N) is 1. The molecule has 0 aliphatic carbocycles. The zero-order chi connectivity index (χ0) is 14.0. The number of hydrogen-bond donors (Lipinski definition) is 1. The molecule has 1 saturated heterocycles. The monoisotopic (exact) mass is 349 g/mol. The molecule has 1 aromatic rings. The molecule has 0 spiro atoms. The number of sulfone groups is 1. The van der Waals surface area contributed by atoms with E-state index >= 15 is 0 Å². The maximum atomic E-state index is 13.3. The van der Waals surface area contributed by atoms with E-state index in [0.717, 1.165) is 0 Å². The number of amides is 1. The van der Waals surface area contributed by atoms with Gasteiger partial charge in [-0.25, -0.2) is 12.8 Å². The van der Waals surface area contributed by atoms with Crippen molar-refractivity contribution in [3.8, 4) is 0 Å². The van der Waals surface area contributed by atoms with E-state index in [1.165, 1.54) is 18.2 Å². The van der Waals surface area contributed by atoms with Gasteiger partial charge in [-0.15, -0.1) is 0 Å². The van der Waals surface area contributed by atoms with Gasteiger partial charge in [-0.2, -0.15) is 0 Å². The first kappa shape index (κ1) is 14.5. The first-order valence-electron chi connectivity index (χ1n) is 5.85. The summed E-state index contributed by atoms with van der Waals surface area (Å²) in [6.45, 7) is 0.0735. The van der Waals surface area contributed by atoms with Crippen LogP contribution in [0.1, 0.15) is 23.2 Å². The SMILES string of the molecule is O=C(NCC1CCCS1(=O)=O)c1cccc(F)c1Br. The molecule has 1 atom stereocenters. The molecule has 1 aromatic carbocycles. The molecule has 104 valence electrons. The second kappa shape index (κ2) is 5.58. The van der Waals surface area contributed by atoms with Crippen LogP contribution in [-0.2, 0) is 9.84 Å². The zero-order valence-electron chi connectivity index (χ0n) is 10.0. The summed E-state index contributed by atoms with van der Waals surface area (Å²) in [5.41, 5.74) is 0.162. The van der Waals surface area contributed by atoms with Crippen molar-refractivity contribution in [1.29, 1.82) is 0 Å². The quantitative estimate of drug-likeness (QED) is 0.906. The number of hydrogen-bond acceptors (Lipinski definition) is 3.